The lowest BCUT2D eigenvalue weighted by Crippen LogP contribution is -2.14. The zero-order valence-corrected chi connectivity index (χ0v) is 15.2. The number of amides is 1. The highest BCUT2D eigenvalue weighted by Crippen LogP contribution is 2.31. The number of benzene rings is 2. The van der Waals surface area contributed by atoms with Crippen molar-refractivity contribution in [1.29, 1.82) is 0 Å². The third-order valence-corrected chi connectivity index (χ3v) is 4.22. The van der Waals surface area contributed by atoms with E-state index in [2.05, 4.69) is 12.2 Å². The standard InChI is InChI=1S/C19H21Cl2NO2/c1-2-3-4-7-13-24-17-12-6-5-9-14(17)19(23)22-18-15(20)10-8-11-16(18)21/h5-6,8-12H,2-4,7,13H2,1H3,(H,22,23). The molecule has 0 unspecified atom stereocenters. The molecule has 0 radical (unpaired) electrons. The molecule has 0 atom stereocenters. The van der Waals surface area contributed by atoms with Crippen LogP contribution >= 0.6 is 23.2 Å². The van der Waals surface area contributed by atoms with Crippen molar-refractivity contribution in [3.05, 3.63) is 58.1 Å². The molecule has 0 bridgehead atoms. The van der Waals surface area contributed by atoms with Crippen LogP contribution in [0.2, 0.25) is 10.0 Å². The number of ether oxygens (including phenoxy) is 1. The van der Waals surface area contributed by atoms with E-state index in [1.807, 2.05) is 6.07 Å². The van der Waals surface area contributed by atoms with E-state index in [0.29, 0.717) is 33.7 Å². The van der Waals surface area contributed by atoms with Crippen LogP contribution in [-0.2, 0) is 0 Å². The van der Waals surface area contributed by atoms with Gasteiger partial charge >= 0.3 is 0 Å². The number of unbranched alkanes of at least 4 members (excludes halogenated alkanes) is 3. The summed E-state index contributed by atoms with van der Waals surface area (Å²) in [6.45, 7) is 2.76. The molecule has 5 heteroatoms. The number of halogens is 2. The van der Waals surface area contributed by atoms with Crippen molar-refractivity contribution in [2.24, 2.45) is 0 Å². The van der Waals surface area contributed by atoms with Gasteiger partial charge in [0.1, 0.15) is 5.75 Å². The van der Waals surface area contributed by atoms with Gasteiger partial charge in [-0.05, 0) is 30.7 Å². The molecule has 2 aromatic rings. The quantitative estimate of drug-likeness (QED) is 0.565. The van der Waals surface area contributed by atoms with Crippen molar-refractivity contribution in [2.75, 3.05) is 11.9 Å². The molecule has 0 fully saturated rings. The van der Waals surface area contributed by atoms with Crippen LogP contribution in [0.5, 0.6) is 5.75 Å². The van der Waals surface area contributed by atoms with Gasteiger partial charge in [0, 0.05) is 0 Å². The molecule has 24 heavy (non-hydrogen) atoms. The normalized spacial score (nSPS) is 10.5. The maximum Gasteiger partial charge on any atom is 0.259 e. The topological polar surface area (TPSA) is 38.3 Å². The molecular weight excluding hydrogens is 345 g/mol. The second-order valence-corrected chi connectivity index (χ2v) is 6.27. The molecule has 2 aromatic carbocycles. The first kappa shape index (κ1) is 18.6. The summed E-state index contributed by atoms with van der Waals surface area (Å²) in [5.41, 5.74) is 0.868. The molecule has 0 spiro atoms. The van der Waals surface area contributed by atoms with Gasteiger partial charge in [-0.2, -0.15) is 0 Å². The zero-order chi connectivity index (χ0) is 17.4. The fraction of sp³-hybridized carbons (Fsp3) is 0.316. The molecule has 0 aliphatic rings. The van der Waals surface area contributed by atoms with Gasteiger partial charge < -0.3 is 10.1 Å². The fourth-order valence-corrected chi connectivity index (χ4v) is 2.78. The molecule has 0 aliphatic carbocycles. The lowest BCUT2D eigenvalue weighted by molar-refractivity contribution is 0.102. The highest BCUT2D eigenvalue weighted by molar-refractivity contribution is 6.40. The highest BCUT2D eigenvalue weighted by atomic mass is 35.5. The molecule has 1 N–H and O–H groups in total. The number of nitrogens with one attached hydrogen (secondary N) is 1. The van der Waals surface area contributed by atoms with Gasteiger partial charge in [-0.25, -0.2) is 0 Å². The average Bonchev–Trinajstić information content (AvgIpc) is 2.58. The molecule has 0 saturated carbocycles. The number of hydrogen-bond acceptors (Lipinski definition) is 2. The number of para-hydroxylation sites is 2. The Morgan fingerprint density at radius 1 is 1.00 bits per heavy atom. The summed E-state index contributed by atoms with van der Waals surface area (Å²) in [4.78, 5) is 12.6. The number of hydrogen-bond donors (Lipinski definition) is 1. The van der Waals surface area contributed by atoms with Crippen molar-refractivity contribution in [1.82, 2.24) is 0 Å². The third-order valence-electron chi connectivity index (χ3n) is 3.59. The van der Waals surface area contributed by atoms with Crippen LogP contribution in [0.15, 0.2) is 42.5 Å². The van der Waals surface area contributed by atoms with Gasteiger partial charge in [0.15, 0.2) is 0 Å². The lowest BCUT2D eigenvalue weighted by atomic mass is 10.1. The predicted octanol–water partition coefficient (Wildman–Crippen LogP) is 6.20. The molecular formula is C19H21Cl2NO2. The summed E-state index contributed by atoms with van der Waals surface area (Å²) in [5.74, 6) is 0.267. The number of carbonyl (C=O) groups is 1. The smallest absolute Gasteiger partial charge is 0.259 e. The van der Waals surface area contributed by atoms with Crippen molar-refractivity contribution >= 4 is 34.8 Å². The summed E-state index contributed by atoms with van der Waals surface area (Å²) < 4.78 is 5.78. The van der Waals surface area contributed by atoms with E-state index in [1.165, 1.54) is 12.8 Å². The summed E-state index contributed by atoms with van der Waals surface area (Å²) in [6, 6.07) is 12.3. The highest BCUT2D eigenvalue weighted by Gasteiger charge is 2.15. The first-order chi connectivity index (χ1) is 11.6. The van der Waals surface area contributed by atoms with E-state index in [1.54, 1.807) is 36.4 Å². The monoisotopic (exact) mass is 365 g/mol. The Balaban J connectivity index is 2.07. The molecule has 0 aliphatic heterocycles. The van der Waals surface area contributed by atoms with Crippen LogP contribution in [0, 0.1) is 0 Å². The minimum atomic E-state index is -0.297. The molecule has 2 rings (SSSR count). The summed E-state index contributed by atoms with van der Waals surface area (Å²) in [7, 11) is 0. The molecule has 128 valence electrons. The van der Waals surface area contributed by atoms with Crippen molar-refractivity contribution in [3.63, 3.8) is 0 Å². The van der Waals surface area contributed by atoms with E-state index in [-0.39, 0.29) is 5.91 Å². The summed E-state index contributed by atoms with van der Waals surface area (Å²) in [5, 5.41) is 3.56. The first-order valence-corrected chi connectivity index (χ1v) is 8.86. The van der Waals surface area contributed by atoms with Gasteiger partial charge in [-0.15, -0.1) is 0 Å². The molecule has 3 nitrogen and oxygen atoms in total. The Kier molecular flexibility index (Phi) is 7.41. The molecule has 0 aromatic heterocycles. The number of rotatable bonds is 8. The second kappa shape index (κ2) is 9.55. The van der Waals surface area contributed by atoms with Crippen LogP contribution in [0.25, 0.3) is 0 Å². The number of anilines is 1. The Morgan fingerprint density at radius 2 is 1.71 bits per heavy atom. The van der Waals surface area contributed by atoms with Crippen LogP contribution in [0.1, 0.15) is 43.0 Å². The summed E-state index contributed by atoms with van der Waals surface area (Å²) in [6.07, 6.45) is 4.47. The Labute approximate surface area is 152 Å². The van der Waals surface area contributed by atoms with E-state index >= 15 is 0 Å². The van der Waals surface area contributed by atoms with Crippen LogP contribution in [0.4, 0.5) is 5.69 Å². The number of carbonyl (C=O) groups excluding carboxylic acids is 1. The molecule has 1 amide bonds. The van der Waals surface area contributed by atoms with Gasteiger partial charge in [-0.3, -0.25) is 4.79 Å². The second-order valence-electron chi connectivity index (χ2n) is 5.46. The van der Waals surface area contributed by atoms with Gasteiger partial charge in [-0.1, -0.05) is 67.6 Å². The van der Waals surface area contributed by atoms with E-state index < -0.39 is 0 Å². The van der Waals surface area contributed by atoms with E-state index in [0.717, 1.165) is 12.8 Å². The van der Waals surface area contributed by atoms with E-state index in [9.17, 15) is 4.79 Å². The molecule has 0 saturated heterocycles. The van der Waals surface area contributed by atoms with Crippen LogP contribution < -0.4 is 10.1 Å². The van der Waals surface area contributed by atoms with Crippen LogP contribution in [-0.4, -0.2) is 12.5 Å². The zero-order valence-electron chi connectivity index (χ0n) is 13.6. The predicted molar refractivity (Wildman–Crippen MR) is 100 cm³/mol. The van der Waals surface area contributed by atoms with Crippen molar-refractivity contribution in [3.8, 4) is 5.75 Å². The van der Waals surface area contributed by atoms with Crippen molar-refractivity contribution in [2.45, 2.75) is 32.6 Å². The van der Waals surface area contributed by atoms with E-state index in [4.69, 9.17) is 27.9 Å². The fourth-order valence-electron chi connectivity index (χ4n) is 2.29. The lowest BCUT2D eigenvalue weighted by Gasteiger charge is -2.13. The minimum Gasteiger partial charge on any atom is -0.493 e. The maximum atomic E-state index is 12.6. The minimum absolute atomic E-state index is 0.297. The Bertz CT molecular complexity index is 669. The first-order valence-electron chi connectivity index (χ1n) is 8.10. The van der Waals surface area contributed by atoms with Gasteiger partial charge in [0.2, 0.25) is 0 Å². The van der Waals surface area contributed by atoms with Gasteiger partial charge in [0.05, 0.1) is 27.9 Å². The SMILES string of the molecule is CCCCCCOc1ccccc1C(=O)Nc1c(Cl)cccc1Cl. The Morgan fingerprint density at radius 3 is 2.42 bits per heavy atom. The largest absolute Gasteiger partial charge is 0.493 e. The average molecular weight is 366 g/mol. The Hall–Kier alpha value is -1.71. The van der Waals surface area contributed by atoms with Crippen molar-refractivity contribution < 1.29 is 9.53 Å². The maximum absolute atomic E-state index is 12.6. The van der Waals surface area contributed by atoms with Crippen LogP contribution in [0.3, 0.4) is 0 Å². The van der Waals surface area contributed by atoms with Gasteiger partial charge in [0.25, 0.3) is 5.91 Å². The summed E-state index contributed by atoms with van der Waals surface area (Å²) >= 11 is 12.2. The molecule has 0 heterocycles. The third kappa shape index (κ3) is 5.15.